The topological polar surface area (TPSA) is 149 Å². The molecule has 1 aliphatic carbocycles. The van der Waals surface area contributed by atoms with Crippen molar-refractivity contribution in [3.05, 3.63) is 34.9 Å². The van der Waals surface area contributed by atoms with Crippen LogP contribution in [-0.4, -0.2) is 102 Å². The molecular weight excluding hydrogens is 666 g/mol. The minimum atomic E-state index is -2.47. The van der Waals surface area contributed by atoms with Gasteiger partial charge in [-0.25, -0.2) is 4.79 Å². The van der Waals surface area contributed by atoms with Gasteiger partial charge in [-0.1, -0.05) is 57.1 Å². The van der Waals surface area contributed by atoms with E-state index in [0.717, 1.165) is 36.0 Å². The molecule has 0 saturated carbocycles. The van der Waals surface area contributed by atoms with Gasteiger partial charge in [0.2, 0.25) is 5.79 Å². The minimum absolute atomic E-state index is 0.0576. The van der Waals surface area contributed by atoms with Crippen LogP contribution in [0.4, 0.5) is 0 Å². The summed E-state index contributed by atoms with van der Waals surface area (Å²) in [6, 6.07) is -1.08. The molecular formula is C41H63NO10. The highest BCUT2D eigenvalue weighted by molar-refractivity contribution is 6.39. The second kappa shape index (κ2) is 18.6. The van der Waals surface area contributed by atoms with Gasteiger partial charge in [0.15, 0.2) is 0 Å². The molecule has 3 aliphatic heterocycles. The van der Waals surface area contributed by atoms with E-state index in [1.807, 2.05) is 32.9 Å². The fourth-order valence-electron chi connectivity index (χ4n) is 8.58. The average Bonchev–Trinajstić information content (AvgIpc) is 3.64. The molecule has 52 heavy (non-hydrogen) atoms. The number of carbonyl (C=O) groups is 4. The number of aliphatic hydroxyl groups excluding tert-OH is 1. The molecule has 0 aromatic heterocycles. The Morgan fingerprint density at radius 3 is 2.37 bits per heavy atom. The van der Waals surface area contributed by atoms with Crippen LogP contribution in [0.1, 0.15) is 112 Å². The van der Waals surface area contributed by atoms with Gasteiger partial charge in [0, 0.05) is 44.9 Å². The summed E-state index contributed by atoms with van der Waals surface area (Å²) in [6.45, 7) is 11.4. The van der Waals surface area contributed by atoms with E-state index in [1.54, 1.807) is 28.1 Å². The van der Waals surface area contributed by atoms with Crippen molar-refractivity contribution in [2.45, 2.75) is 155 Å². The average molecular weight is 730 g/mol. The predicted molar refractivity (Wildman–Crippen MR) is 196 cm³/mol. The smallest absolute Gasteiger partial charge is 0.329 e. The van der Waals surface area contributed by atoms with Gasteiger partial charge in [0.1, 0.15) is 24.0 Å². The Morgan fingerprint density at radius 1 is 1.04 bits per heavy atom. The third kappa shape index (κ3) is 9.69. The number of aliphatic hydroxyl groups is 2. The summed E-state index contributed by atoms with van der Waals surface area (Å²) in [6.07, 6.45) is 8.34. The van der Waals surface area contributed by atoms with E-state index in [-0.39, 0.29) is 37.5 Å². The highest BCUT2D eigenvalue weighted by Crippen LogP contribution is 2.39. The van der Waals surface area contributed by atoms with Gasteiger partial charge < -0.3 is 34.1 Å². The molecule has 0 aromatic carbocycles. The molecule has 0 spiro atoms. The Kier molecular flexibility index (Phi) is 15.0. The number of piperidine rings is 1. The van der Waals surface area contributed by atoms with Gasteiger partial charge in [-0.15, -0.1) is 0 Å². The number of esters is 1. The normalized spacial score (nSPS) is 39.2. The van der Waals surface area contributed by atoms with Crippen LogP contribution >= 0.6 is 0 Å². The number of nitrogens with zero attached hydrogens (tertiary/aromatic N) is 1. The molecule has 11 nitrogen and oxygen atoms in total. The number of ether oxygens (including phenoxy) is 4. The lowest BCUT2D eigenvalue weighted by Gasteiger charge is -2.47. The van der Waals surface area contributed by atoms with Crippen LogP contribution in [0.2, 0.25) is 0 Å². The van der Waals surface area contributed by atoms with Gasteiger partial charge in [0.05, 0.1) is 18.3 Å². The second-order valence-corrected chi connectivity index (χ2v) is 15.9. The Bertz CT molecular complexity index is 1390. The lowest BCUT2D eigenvalue weighted by molar-refractivity contribution is -0.302. The van der Waals surface area contributed by atoms with Crippen LogP contribution in [0.5, 0.6) is 0 Å². The highest BCUT2D eigenvalue weighted by atomic mass is 16.7. The molecule has 2 N–H and O–H groups in total. The van der Waals surface area contributed by atoms with Crippen molar-refractivity contribution >= 4 is 23.4 Å². The van der Waals surface area contributed by atoms with Crippen LogP contribution in [-0.2, 0) is 38.1 Å². The van der Waals surface area contributed by atoms with E-state index in [0.29, 0.717) is 32.1 Å². The Balaban J connectivity index is 1.77. The van der Waals surface area contributed by atoms with E-state index in [2.05, 4.69) is 13.0 Å². The predicted octanol–water partition coefficient (Wildman–Crippen LogP) is 5.41. The number of Topliss-reactive ketones (excluding diaryl/α,β-unsaturated/α-hetero) is 2. The first-order chi connectivity index (χ1) is 24.6. The van der Waals surface area contributed by atoms with Crippen molar-refractivity contribution in [3.8, 4) is 0 Å². The SMILES string of the molecule is CC[C@@H]1/C=C(\C)C[C@H](C)C[C@H](OC)[C@H]2O[C@@](O)(C(=O)C(=O)N3CCCC[C@H]3C(=O)O[C@H](/C(C)=C/C3=CCCC3)[C@H](C)[C@@H](O)CC1=O)[C@H](C)C[C@@H]2OC. The Morgan fingerprint density at radius 2 is 1.73 bits per heavy atom. The number of amides is 1. The molecule has 292 valence electrons. The van der Waals surface area contributed by atoms with E-state index in [9.17, 15) is 29.4 Å². The van der Waals surface area contributed by atoms with Gasteiger partial charge in [-0.2, -0.15) is 0 Å². The molecule has 1 amide bonds. The van der Waals surface area contributed by atoms with E-state index < -0.39 is 77.8 Å². The maximum Gasteiger partial charge on any atom is 0.329 e. The molecule has 11 atom stereocenters. The van der Waals surface area contributed by atoms with E-state index in [1.165, 1.54) is 4.90 Å². The van der Waals surface area contributed by atoms with Crippen LogP contribution < -0.4 is 0 Å². The minimum Gasteiger partial charge on any atom is -0.456 e. The molecule has 11 heteroatoms. The van der Waals surface area contributed by atoms with Crippen molar-refractivity contribution in [2.75, 3.05) is 20.8 Å². The largest absolute Gasteiger partial charge is 0.456 e. The van der Waals surface area contributed by atoms with Crippen molar-refractivity contribution in [1.82, 2.24) is 4.90 Å². The van der Waals surface area contributed by atoms with Gasteiger partial charge >= 0.3 is 5.97 Å². The summed E-state index contributed by atoms with van der Waals surface area (Å²) in [5.41, 5.74) is 2.86. The number of hydrogen-bond donors (Lipinski definition) is 2. The zero-order chi connectivity index (χ0) is 38.3. The number of carbonyl (C=O) groups excluding carboxylic acids is 4. The molecule has 4 aliphatic rings. The highest BCUT2D eigenvalue weighted by Gasteiger charge is 2.56. The van der Waals surface area contributed by atoms with Crippen LogP contribution in [0.3, 0.4) is 0 Å². The Labute approximate surface area is 310 Å². The van der Waals surface area contributed by atoms with Gasteiger partial charge in [-0.3, -0.25) is 14.4 Å². The fraction of sp³-hybridized carbons (Fsp3) is 0.756. The maximum absolute atomic E-state index is 14.1. The lowest BCUT2D eigenvalue weighted by Crippen LogP contribution is -2.64. The number of fused-ring (bicyclic) bond motifs is 3. The maximum atomic E-state index is 14.1. The molecule has 2 fully saturated rings. The van der Waals surface area contributed by atoms with Crippen molar-refractivity contribution in [2.24, 2.45) is 23.7 Å². The lowest BCUT2D eigenvalue weighted by atomic mass is 9.82. The van der Waals surface area contributed by atoms with Crippen LogP contribution in [0.25, 0.3) is 0 Å². The first-order valence-corrected chi connectivity index (χ1v) is 19.4. The molecule has 0 aromatic rings. The monoisotopic (exact) mass is 729 g/mol. The summed E-state index contributed by atoms with van der Waals surface area (Å²) in [7, 11) is 3.08. The third-order valence-corrected chi connectivity index (χ3v) is 11.8. The quantitative estimate of drug-likeness (QED) is 0.214. The van der Waals surface area contributed by atoms with Gasteiger partial charge in [-0.05, 0) is 89.5 Å². The third-order valence-electron chi connectivity index (χ3n) is 11.8. The number of allylic oxidation sites excluding steroid dienone is 5. The molecule has 0 radical (unpaired) electrons. The fourth-order valence-corrected chi connectivity index (χ4v) is 8.58. The summed E-state index contributed by atoms with van der Waals surface area (Å²) in [5, 5.41) is 23.5. The van der Waals surface area contributed by atoms with Crippen molar-refractivity contribution in [1.29, 1.82) is 0 Å². The zero-order valence-corrected chi connectivity index (χ0v) is 32.6. The first-order valence-electron chi connectivity index (χ1n) is 19.4. The summed E-state index contributed by atoms with van der Waals surface area (Å²) >= 11 is 0. The van der Waals surface area contributed by atoms with Gasteiger partial charge in [0.25, 0.3) is 11.7 Å². The number of ketones is 2. The molecule has 2 saturated heterocycles. The first kappa shape index (κ1) is 42.0. The summed E-state index contributed by atoms with van der Waals surface area (Å²) < 4.78 is 24.1. The Hall–Kier alpha value is -2.70. The van der Waals surface area contributed by atoms with Crippen molar-refractivity contribution < 1.29 is 48.3 Å². The molecule has 2 bridgehead atoms. The molecule has 3 heterocycles. The summed E-state index contributed by atoms with van der Waals surface area (Å²) in [5.74, 6) is -7.19. The number of rotatable bonds is 5. The van der Waals surface area contributed by atoms with E-state index >= 15 is 0 Å². The van der Waals surface area contributed by atoms with Crippen LogP contribution in [0.15, 0.2) is 34.9 Å². The second-order valence-electron chi connectivity index (χ2n) is 15.9. The molecule has 4 rings (SSSR count). The molecule has 0 unspecified atom stereocenters. The van der Waals surface area contributed by atoms with E-state index in [4.69, 9.17) is 18.9 Å². The van der Waals surface area contributed by atoms with Crippen molar-refractivity contribution in [3.63, 3.8) is 0 Å². The standard InChI is InChI=1S/C41H63NO10/c1-9-30-19-24(2)18-25(3)20-34(49-7)37-35(50-8)22-27(5)41(48,52-37)38(45)39(46)42-17-13-12-16-31(42)40(47)51-36(28(6)32(43)23-33(30)44)26(4)21-29-14-10-11-15-29/h14,19,21,25,27-28,30-32,34-37,43,48H,9-13,15-18,20,22-23H2,1-8H3/b24-19+,26-21+/t25-,27+,28+,30+,31-,32-,34-,35-,36+,37+,41+/m0/s1. The summed E-state index contributed by atoms with van der Waals surface area (Å²) in [4.78, 5) is 57.2. The number of hydrogen-bond acceptors (Lipinski definition) is 10. The van der Waals surface area contributed by atoms with Crippen LogP contribution in [0, 0.1) is 23.7 Å². The zero-order valence-electron chi connectivity index (χ0n) is 32.6. The number of methoxy groups -OCH3 is 2. The number of cyclic esters (lactones) is 1.